The van der Waals surface area contributed by atoms with E-state index >= 15 is 0 Å². The van der Waals surface area contributed by atoms with E-state index in [4.69, 9.17) is 4.74 Å². The molecule has 1 amide bonds. The number of carbonyl (C=O) groups is 1. The first-order valence-electron chi connectivity index (χ1n) is 8.30. The number of ether oxygens (including phenoxy) is 1. The maximum atomic E-state index is 12.0. The van der Waals surface area contributed by atoms with E-state index in [-0.39, 0.29) is 12.5 Å². The first kappa shape index (κ1) is 16.4. The number of rotatable bonds is 3. The van der Waals surface area contributed by atoms with Gasteiger partial charge >= 0.3 is 6.09 Å². The Hall–Kier alpha value is -3.10. The number of fused-ring (bicyclic) bond motifs is 3. The summed E-state index contributed by atoms with van der Waals surface area (Å²) in [5.41, 5.74) is 4.83. The fraction of sp³-hybridized carbons (Fsp3) is 0.143. The monoisotopic (exact) mass is 360 g/mol. The second kappa shape index (κ2) is 7.42. The number of nitrogens with zero attached hydrogens (tertiary/aromatic N) is 1. The van der Waals surface area contributed by atoms with Crippen LogP contribution < -0.4 is 5.32 Å². The molecule has 0 bridgehead atoms. The van der Waals surface area contributed by atoms with Crippen LogP contribution in [0.4, 0.5) is 4.79 Å². The Morgan fingerprint density at radius 1 is 1.12 bits per heavy atom. The SMILES string of the molecule is O=C(NCC#Cc1nccs1)OCC1c2ccccc2-c2ccccc21. The summed E-state index contributed by atoms with van der Waals surface area (Å²) >= 11 is 1.47. The lowest BCUT2D eigenvalue weighted by molar-refractivity contribution is 0.144. The van der Waals surface area contributed by atoms with E-state index in [1.807, 2.05) is 29.6 Å². The fourth-order valence-electron chi connectivity index (χ4n) is 3.17. The van der Waals surface area contributed by atoms with E-state index in [1.165, 1.54) is 33.6 Å². The maximum absolute atomic E-state index is 12.0. The Kier molecular flexibility index (Phi) is 4.67. The molecule has 128 valence electrons. The summed E-state index contributed by atoms with van der Waals surface area (Å²) in [6.45, 7) is 0.538. The summed E-state index contributed by atoms with van der Waals surface area (Å²) in [6.07, 6.45) is 1.24. The molecule has 4 nitrogen and oxygen atoms in total. The molecular formula is C21H16N2O2S. The van der Waals surface area contributed by atoms with Gasteiger partial charge in [0.05, 0.1) is 6.54 Å². The van der Waals surface area contributed by atoms with Crippen LogP contribution in [-0.4, -0.2) is 24.2 Å². The minimum atomic E-state index is -0.458. The molecule has 5 heteroatoms. The molecule has 4 rings (SSSR count). The minimum Gasteiger partial charge on any atom is -0.449 e. The number of amides is 1. The van der Waals surface area contributed by atoms with E-state index in [1.54, 1.807) is 6.20 Å². The molecule has 0 atom stereocenters. The third-order valence-corrected chi connectivity index (χ3v) is 4.98. The molecule has 0 aliphatic heterocycles. The highest BCUT2D eigenvalue weighted by Crippen LogP contribution is 2.44. The number of benzene rings is 2. The van der Waals surface area contributed by atoms with Crippen molar-refractivity contribution < 1.29 is 9.53 Å². The van der Waals surface area contributed by atoms with Crippen LogP contribution in [0.5, 0.6) is 0 Å². The van der Waals surface area contributed by atoms with Crippen molar-refractivity contribution in [2.75, 3.05) is 13.2 Å². The molecule has 1 aromatic heterocycles. The van der Waals surface area contributed by atoms with Crippen LogP contribution in [0.25, 0.3) is 11.1 Å². The Morgan fingerprint density at radius 2 is 1.81 bits per heavy atom. The third kappa shape index (κ3) is 3.32. The van der Waals surface area contributed by atoms with Crippen molar-refractivity contribution in [1.82, 2.24) is 10.3 Å². The molecule has 0 unspecified atom stereocenters. The lowest BCUT2D eigenvalue weighted by Gasteiger charge is -2.14. The van der Waals surface area contributed by atoms with Crippen molar-refractivity contribution in [1.29, 1.82) is 0 Å². The van der Waals surface area contributed by atoms with Gasteiger partial charge in [0, 0.05) is 17.5 Å². The Balaban J connectivity index is 1.38. The van der Waals surface area contributed by atoms with E-state index in [0.717, 1.165) is 5.01 Å². The number of thiazole rings is 1. The van der Waals surface area contributed by atoms with E-state index < -0.39 is 6.09 Å². The summed E-state index contributed by atoms with van der Waals surface area (Å²) in [6, 6.07) is 16.5. The van der Waals surface area contributed by atoms with Gasteiger partial charge in [-0.3, -0.25) is 0 Å². The summed E-state index contributed by atoms with van der Waals surface area (Å²) in [5, 5.41) is 5.26. The van der Waals surface area contributed by atoms with E-state index in [9.17, 15) is 4.79 Å². The van der Waals surface area contributed by atoms with Gasteiger partial charge in [-0.1, -0.05) is 54.5 Å². The van der Waals surface area contributed by atoms with Crippen LogP contribution in [0, 0.1) is 11.8 Å². The van der Waals surface area contributed by atoms with Crippen LogP contribution in [0.3, 0.4) is 0 Å². The van der Waals surface area contributed by atoms with Gasteiger partial charge in [-0.15, -0.1) is 11.3 Å². The molecule has 0 saturated heterocycles. The lowest BCUT2D eigenvalue weighted by atomic mass is 9.98. The van der Waals surface area contributed by atoms with Crippen molar-refractivity contribution in [2.45, 2.75) is 5.92 Å². The molecule has 3 aromatic rings. The predicted molar refractivity (Wildman–Crippen MR) is 102 cm³/mol. The second-order valence-electron chi connectivity index (χ2n) is 5.82. The Labute approximate surface area is 155 Å². The van der Waals surface area contributed by atoms with Gasteiger partial charge in [0.2, 0.25) is 0 Å². The second-order valence-corrected chi connectivity index (χ2v) is 6.71. The fourth-order valence-corrected chi connectivity index (χ4v) is 3.67. The van der Waals surface area contributed by atoms with Gasteiger partial charge in [0.25, 0.3) is 0 Å². The number of alkyl carbamates (subject to hydrolysis) is 1. The number of aromatic nitrogens is 1. The lowest BCUT2D eigenvalue weighted by Crippen LogP contribution is -2.26. The molecular weight excluding hydrogens is 344 g/mol. The Morgan fingerprint density at radius 3 is 2.46 bits per heavy atom. The zero-order valence-corrected chi connectivity index (χ0v) is 14.8. The molecule has 26 heavy (non-hydrogen) atoms. The quantitative estimate of drug-likeness (QED) is 0.718. The summed E-state index contributed by atoms with van der Waals surface area (Å²) in [5.74, 6) is 5.82. The van der Waals surface area contributed by atoms with Crippen molar-refractivity contribution in [3.8, 4) is 23.0 Å². The molecule has 2 aromatic carbocycles. The van der Waals surface area contributed by atoms with Crippen molar-refractivity contribution in [3.05, 3.63) is 76.2 Å². The highest BCUT2D eigenvalue weighted by atomic mass is 32.1. The number of hydrogen-bond donors (Lipinski definition) is 1. The van der Waals surface area contributed by atoms with Gasteiger partial charge in [-0.25, -0.2) is 9.78 Å². The first-order chi connectivity index (χ1) is 12.8. The van der Waals surface area contributed by atoms with Crippen molar-refractivity contribution in [3.63, 3.8) is 0 Å². The van der Waals surface area contributed by atoms with Gasteiger partial charge in [0.15, 0.2) is 5.01 Å². The summed E-state index contributed by atoms with van der Waals surface area (Å²) in [4.78, 5) is 16.0. The summed E-state index contributed by atoms with van der Waals surface area (Å²) in [7, 11) is 0. The van der Waals surface area contributed by atoms with E-state index in [2.05, 4.69) is 46.4 Å². The van der Waals surface area contributed by atoms with Crippen molar-refractivity contribution in [2.24, 2.45) is 0 Å². The zero-order valence-electron chi connectivity index (χ0n) is 13.9. The molecule has 1 aliphatic carbocycles. The van der Waals surface area contributed by atoms with Crippen LogP contribution in [0.15, 0.2) is 60.1 Å². The van der Waals surface area contributed by atoms with Crippen LogP contribution in [0.2, 0.25) is 0 Å². The van der Waals surface area contributed by atoms with Gasteiger partial charge < -0.3 is 10.1 Å². The topological polar surface area (TPSA) is 51.2 Å². The smallest absolute Gasteiger partial charge is 0.407 e. The molecule has 1 heterocycles. The first-order valence-corrected chi connectivity index (χ1v) is 9.18. The van der Waals surface area contributed by atoms with Crippen molar-refractivity contribution >= 4 is 17.4 Å². The maximum Gasteiger partial charge on any atom is 0.407 e. The average molecular weight is 360 g/mol. The highest BCUT2D eigenvalue weighted by Gasteiger charge is 2.28. The standard InChI is InChI=1S/C21H16N2O2S/c24-21(23-11-5-10-20-22-12-13-26-20)25-14-19-17-8-3-1-6-15(17)16-7-2-4-9-18(16)19/h1-4,6-9,12-13,19H,11,14H2,(H,23,24). The number of carbonyl (C=O) groups excluding carboxylic acids is 1. The van der Waals surface area contributed by atoms with E-state index in [0.29, 0.717) is 6.61 Å². The molecule has 0 saturated carbocycles. The van der Waals surface area contributed by atoms with Crippen LogP contribution >= 0.6 is 11.3 Å². The largest absolute Gasteiger partial charge is 0.449 e. The van der Waals surface area contributed by atoms with Gasteiger partial charge in [-0.05, 0) is 28.2 Å². The normalized spacial score (nSPS) is 11.8. The number of hydrogen-bond acceptors (Lipinski definition) is 4. The van der Waals surface area contributed by atoms with Gasteiger partial charge in [0.1, 0.15) is 6.61 Å². The molecule has 0 fully saturated rings. The molecule has 0 radical (unpaired) electrons. The highest BCUT2D eigenvalue weighted by molar-refractivity contribution is 7.10. The zero-order chi connectivity index (χ0) is 17.8. The average Bonchev–Trinajstić information content (AvgIpc) is 3.30. The third-order valence-electron chi connectivity index (χ3n) is 4.29. The van der Waals surface area contributed by atoms with Crippen LogP contribution in [0.1, 0.15) is 22.1 Å². The molecule has 0 spiro atoms. The predicted octanol–water partition coefficient (Wildman–Crippen LogP) is 4.03. The Bertz CT molecular complexity index is 941. The summed E-state index contributed by atoms with van der Waals surface area (Å²) < 4.78 is 5.45. The minimum absolute atomic E-state index is 0.0644. The number of nitrogens with one attached hydrogen (secondary N) is 1. The molecule has 1 aliphatic rings. The molecule has 1 N–H and O–H groups in total. The van der Waals surface area contributed by atoms with Crippen LogP contribution in [-0.2, 0) is 4.74 Å². The van der Waals surface area contributed by atoms with Gasteiger partial charge in [-0.2, -0.15) is 0 Å².